The first-order valence-corrected chi connectivity index (χ1v) is 6.47. The van der Waals surface area contributed by atoms with E-state index in [0.717, 1.165) is 6.42 Å². The summed E-state index contributed by atoms with van der Waals surface area (Å²) < 4.78 is 0. The highest BCUT2D eigenvalue weighted by Crippen LogP contribution is 2.29. The summed E-state index contributed by atoms with van der Waals surface area (Å²) in [6.45, 7) is 4.12. The minimum atomic E-state index is -0.800. The lowest BCUT2D eigenvalue weighted by Crippen LogP contribution is -2.33. The van der Waals surface area contributed by atoms with Gasteiger partial charge in [0.1, 0.15) is 11.0 Å². The number of hydrogen-bond acceptors (Lipinski definition) is 3. The van der Waals surface area contributed by atoms with Crippen LogP contribution in [0.3, 0.4) is 0 Å². The predicted molar refractivity (Wildman–Crippen MR) is 73.3 cm³/mol. The topological polar surface area (TPSA) is 45.1 Å². The van der Waals surface area contributed by atoms with Crippen molar-refractivity contribution in [2.75, 3.05) is 11.9 Å². The molecule has 0 fully saturated rings. The summed E-state index contributed by atoms with van der Waals surface area (Å²) in [6.07, 6.45) is 1.59. The molecule has 2 N–H and O–H groups in total. The minimum Gasteiger partial charge on any atom is -0.388 e. The molecule has 0 aliphatic rings. The lowest BCUT2D eigenvalue weighted by atomic mass is 10.0. The number of nitrogens with zero attached hydrogens (tertiary/aromatic N) is 1. The Balaban J connectivity index is 2.73. The van der Waals surface area contributed by atoms with Crippen LogP contribution >= 0.6 is 34.8 Å². The van der Waals surface area contributed by atoms with Crippen molar-refractivity contribution in [3.8, 4) is 0 Å². The van der Waals surface area contributed by atoms with Gasteiger partial charge in [-0.05, 0) is 19.4 Å². The zero-order valence-electron chi connectivity index (χ0n) is 9.73. The van der Waals surface area contributed by atoms with Crippen LogP contribution in [0.1, 0.15) is 26.7 Å². The molecule has 1 atom stereocenters. The highest BCUT2D eigenvalue weighted by atomic mass is 35.5. The summed E-state index contributed by atoms with van der Waals surface area (Å²) in [5, 5.41) is 13.8. The number of nitrogens with one attached hydrogen (secondary N) is 1. The fourth-order valence-corrected chi connectivity index (χ4v) is 2.03. The van der Waals surface area contributed by atoms with Crippen molar-refractivity contribution in [1.82, 2.24) is 4.98 Å². The molecule has 0 saturated carbocycles. The van der Waals surface area contributed by atoms with E-state index in [-0.39, 0.29) is 5.15 Å². The largest absolute Gasteiger partial charge is 0.388 e. The van der Waals surface area contributed by atoms with Gasteiger partial charge in [0, 0.05) is 6.54 Å². The Hall–Kier alpha value is -0.220. The van der Waals surface area contributed by atoms with Crippen LogP contribution in [0.2, 0.25) is 15.2 Å². The molecule has 0 bridgehead atoms. The molecular weight excluding hydrogens is 282 g/mol. The van der Waals surface area contributed by atoms with Crippen molar-refractivity contribution in [1.29, 1.82) is 0 Å². The highest BCUT2D eigenvalue weighted by Gasteiger charge is 2.19. The molecule has 1 unspecified atom stereocenters. The summed E-state index contributed by atoms with van der Waals surface area (Å²) in [5.41, 5.74) is -0.800. The maximum atomic E-state index is 10.00. The number of rotatable bonds is 5. The van der Waals surface area contributed by atoms with Gasteiger partial charge in [-0.3, -0.25) is 0 Å². The van der Waals surface area contributed by atoms with Crippen molar-refractivity contribution in [3.63, 3.8) is 0 Å². The van der Waals surface area contributed by atoms with Crippen LogP contribution in [-0.4, -0.2) is 22.2 Å². The number of pyridine rings is 1. The van der Waals surface area contributed by atoms with Crippen LogP contribution in [-0.2, 0) is 0 Å². The Bertz CT molecular complexity index is 397. The Morgan fingerprint density at radius 1 is 1.35 bits per heavy atom. The average molecular weight is 298 g/mol. The van der Waals surface area contributed by atoms with E-state index in [1.165, 1.54) is 6.07 Å². The Kier molecular flexibility index (Phi) is 5.32. The van der Waals surface area contributed by atoms with E-state index in [1.54, 1.807) is 6.92 Å². The molecule has 96 valence electrons. The number of aliphatic hydroxyl groups is 1. The van der Waals surface area contributed by atoms with Gasteiger partial charge in [0.2, 0.25) is 0 Å². The molecule has 0 aliphatic carbocycles. The minimum absolute atomic E-state index is 0.189. The van der Waals surface area contributed by atoms with Crippen molar-refractivity contribution in [2.45, 2.75) is 32.3 Å². The van der Waals surface area contributed by atoms with Gasteiger partial charge in [0.05, 0.1) is 15.6 Å². The third-order valence-corrected chi connectivity index (χ3v) is 3.27. The van der Waals surface area contributed by atoms with Gasteiger partial charge >= 0.3 is 0 Å². The standard InChI is InChI=1S/C11H15Cl3N2O/c1-3-4-11(2,17)6-15-10-8(13)5-7(12)9(14)16-10/h5,17H,3-4,6H2,1-2H3,(H,15,16). The van der Waals surface area contributed by atoms with E-state index in [4.69, 9.17) is 34.8 Å². The fraction of sp³-hybridized carbons (Fsp3) is 0.545. The monoisotopic (exact) mass is 296 g/mol. The van der Waals surface area contributed by atoms with Gasteiger partial charge < -0.3 is 10.4 Å². The first-order chi connectivity index (χ1) is 7.85. The van der Waals surface area contributed by atoms with E-state index < -0.39 is 5.60 Å². The maximum Gasteiger partial charge on any atom is 0.150 e. The van der Waals surface area contributed by atoms with Crippen molar-refractivity contribution in [2.24, 2.45) is 0 Å². The molecule has 0 saturated heterocycles. The Morgan fingerprint density at radius 2 is 2.00 bits per heavy atom. The normalized spacial score (nSPS) is 14.5. The first kappa shape index (κ1) is 14.8. The summed E-state index contributed by atoms with van der Waals surface area (Å²) in [4.78, 5) is 4.01. The Labute approximate surface area is 116 Å². The van der Waals surface area contributed by atoms with Gasteiger partial charge in [0.25, 0.3) is 0 Å². The summed E-state index contributed by atoms with van der Waals surface area (Å²) in [7, 11) is 0. The lowest BCUT2D eigenvalue weighted by Gasteiger charge is -2.23. The van der Waals surface area contributed by atoms with Gasteiger partial charge in [-0.2, -0.15) is 0 Å². The van der Waals surface area contributed by atoms with E-state index in [2.05, 4.69) is 10.3 Å². The van der Waals surface area contributed by atoms with Crippen LogP contribution in [0, 0.1) is 0 Å². The maximum absolute atomic E-state index is 10.00. The summed E-state index contributed by atoms with van der Waals surface area (Å²) in [6, 6.07) is 1.52. The van der Waals surface area contributed by atoms with Crippen LogP contribution in [0.25, 0.3) is 0 Å². The van der Waals surface area contributed by atoms with Gasteiger partial charge in [-0.1, -0.05) is 48.1 Å². The van der Waals surface area contributed by atoms with Crippen LogP contribution in [0.4, 0.5) is 5.82 Å². The number of hydrogen-bond donors (Lipinski definition) is 2. The molecule has 17 heavy (non-hydrogen) atoms. The quantitative estimate of drug-likeness (QED) is 0.807. The van der Waals surface area contributed by atoms with Crippen molar-refractivity contribution < 1.29 is 5.11 Å². The van der Waals surface area contributed by atoms with E-state index in [9.17, 15) is 5.11 Å². The molecule has 1 heterocycles. The molecule has 0 radical (unpaired) electrons. The van der Waals surface area contributed by atoms with E-state index in [1.807, 2.05) is 6.92 Å². The molecule has 0 aliphatic heterocycles. The van der Waals surface area contributed by atoms with Crippen LogP contribution < -0.4 is 5.32 Å². The second kappa shape index (κ2) is 6.10. The molecule has 1 aromatic rings. The summed E-state index contributed by atoms with van der Waals surface area (Å²) >= 11 is 17.5. The fourth-order valence-electron chi connectivity index (χ4n) is 1.47. The smallest absolute Gasteiger partial charge is 0.150 e. The van der Waals surface area contributed by atoms with Crippen molar-refractivity contribution >= 4 is 40.6 Å². The van der Waals surface area contributed by atoms with Crippen molar-refractivity contribution in [3.05, 3.63) is 21.3 Å². The first-order valence-electron chi connectivity index (χ1n) is 5.33. The predicted octanol–water partition coefficient (Wildman–Crippen LogP) is 4.00. The van der Waals surface area contributed by atoms with Crippen LogP contribution in [0.15, 0.2) is 6.07 Å². The van der Waals surface area contributed by atoms with E-state index in [0.29, 0.717) is 28.8 Å². The van der Waals surface area contributed by atoms with Gasteiger partial charge in [0.15, 0.2) is 0 Å². The molecule has 0 spiro atoms. The zero-order chi connectivity index (χ0) is 13.1. The SMILES string of the molecule is CCCC(C)(O)CNc1nc(Cl)c(Cl)cc1Cl. The third kappa shape index (κ3) is 4.51. The molecule has 1 rings (SSSR count). The molecular formula is C11H15Cl3N2O. The molecule has 6 heteroatoms. The third-order valence-electron chi connectivity index (χ3n) is 2.31. The second-order valence-corrected chi connectivity index (χ2v) is 5.36. The van der Waals surface area contributed by atoms with Crippen LogP contribution in [0.5, 0.6) is 0 Å². The molecule has 0 aromatic carbocycles. The Morgan fingerprint density at radius 3 is 2.59 bits per heavy atom. The highest BCUT2D eigenvalue weighted by molar-refractivity contribution is 6.42. The second-order valence-electron chi connectivity index (χ2n) is 4.19. The molecule has 3 nitrogen and oxygen atoms in total. The summed E-state index contributed by atoms with van der Waals surface area (Å²) in [5.74, 6) is 0.428. The molecule has 0 amide bonds. The average Bonchev–Trinajstić information content (AvgIpc) is 2.21. The number of halogens is 3. The molecule has 1 aromatic heterocycles. The number of aromatic nitrogens is 1. The van der Waals surface area contributed by atoms with Gasteiger partial charge in [-0.15, -0.1) is 0 Å². The lowest BCUT2D eigenvalue weighted by molar-refractivity contribution is 0.0636. The van der Waals surface area contributed by atoms with Gasteiger partial charge in [-0.25, -0.2) is 4.98 Å². The van der Waals surface area contributed by atoms with E-state index >= 15 is 0 Å². The number of anilines is 1. The zero-order valence-corrected chi connectivity index (χ0v) is 12.0.